The Morgan fingerprint density at radius 3 is 3.00 bits per heavy atom. The van der Waals surface area contributed by atoms with Crippen molar-refractivity contribution in [3.05, 3.63) is 36.7 Å². The molecule has 1 unspecified atom stereocenters. The van der Waals surface area contributed by atoms with E-state index in [9.17, 15) is 0 Å². The Morgan fingerprint density at radius 2 is 2.19 bits per heavy atom. The molecule has 1 N–H and O–H groups in total. The van der Waals surface area contributed by atoms with Gasteiger partial charge in [-0.15, -0.1) is 0 Å². The molecule has 6 nitrogen and oxygen atoms in total. The number of nitrogens with one attached hydrogen (secondary N) is 1. The summed E-state index contributed by atoms with van der Waals surface area (Å²) < 4.78 is 0. The first-order valence-corrected chi connectivity index (χ1v) is 7.32. The molecule has 0 aliphatic carbocycles. The van der Waals surface area contributed by atoms with Gasteiger partial charge >= 0.3 is 0 Å². The Balaban J connectivity index is 1.65. The van der Waals surface area contributed by atoms with Crippen molar-refractivity contribution < 1.29 is 0 Å². The predicted molar refractivity (Wildman–Crippen MR) is 81.3 cm³/mol. The summed E-state index contributed by atoms with van der Waals surface area (Å²) in [6.07, 6.45) is 10.1. The summed E-state index contributed by atoms with van der Waals surface area (Å²) in [5, 5.41) is 3.16. The Hall–Kier alpha value is -2.08. The van der Waals surface area contributed by atoms with Crippen molar-refractivity contribution in [1.82, 2.24) is 24.8 Å². The minimum atomic E-state index is 0.683. The zero-order valence-corrected chi connectivity index (χ0v) is 12.2. The molecule has 0 radical (unpaired) electrons. The lowest BCUT2D eigenvalue weighted by atomic mass is 9.93. The number of anilines is 2. The van der Waals surface area contributed by atoms with Gasteiger partial charge in [0.2, 0.25) is 0 Å². The molecule has 3 rings (SSSR count). The van der Waals surface area contributed by atoms with Gasteiger partial charge in [0.25, 0.3) is 0 Å². The summed E-state index contributed by atoms with van der Waals surface area (Å²) in [4.78, 5) is 19.3. The molecule has 1 aliphatic heterocycles. The van der Waals surface area contributed by atoms with Crippen LogP contribution in [0.5, 0.6) is 0 Å². The highest BCUT2D eigenvalue weighted by molar-refractivity contribution is 5.49. The van der Waals surface area contributed by atoms with Crippen molar-refractivity contribution in [2.24, 2.45) is 5.92 Å². The van der Waals surface area contributed by atoms with Crippen LogP contribution in [-0.2, 0) is 6.42 Å². The predicted octanol–water partition coefficient (Wildman–Crippen LogP) is 1.89. The van der Waals surface area contributed by atoms with Gasteiger partial charge in [-0.25, -0.2) is 15.0 Å². The molecule has 0 amide bonds. The van der Waals surface area contributed by atoms with Gasteiger partial charge in [-0.3, -0.25) is 4.98 Å². The fourth-order valence-electron chi connectivity index (χ4n) is 2.81. The van der Waals surface area contributed by atoms with E-state index in [1.807, 2.05) is 6.07 Å². The van der Waals surface area contributed by atoms with Crippen LogP contribution >= 0.6 is 0 Å². The fourth-order valence-corrected chi connectivity index (χ4v) is 2.81. The monoisotopic (exact) mass is 284 g/mol. The zero-order chi connectivity index (χ0) is 14.5. The second kappa shape index (κ2) is 6.58. The molecule has 110 valence electrons. The standard InChI is InChI=1S/C15H20N6/c1-21-6-2-3-12(10-21)7-13-8-14(19-11-18-13)20-15-9-16-4-5-17-15/h4-5,8-9,11-12H,2-3,6-7,10H2,1H3,(H,17,18,19,20). The molecule has 0 bridgehead atoms. The molecule has 0 spiro atoms. The molecule has 21 heavy (non-hydrogen) atoms. The largest absolute Gasteiger partial charge is 0.324 e. The van der Waals surface area contributed by atoms with Gasteiger partial charge in [0.15, 0.2) is 0 Å². The molecule has 1 aliphatic rings. The van der Waals surface area contributed by atoms with Crippen molar-refractivity contribution >= 4 is 11.6 Å². The van der Waals surface area contributed by atoms with Crippen molar-refractivity contribution in [2.45, 2.75) is 19.3 Å². The molecule has 6 heteroatoms. The van der Waals surface area contributed by atoms with Crippen LogP contribution in [0.1, 0.15) is 18.5 Å². The number of piperidine rings is 1. The second-order valence-corrected chi connectivity index (χ2v) is 5.58. The van der Waals surface area contributed by atoms with Crippen molar-refractivity contribution in [3.63, 3.8) is 0 Å². The van der Waals surface area contributed by atoms with Crippen LogP contribution in [-0.4, -0.2) is 45.0 Å². The lowest BCUT2D eigenvalue weighted by Crippen LogP contribution is -2.33. The van der Waals surface area contributed by atoms with Gasteiger partial charge in [0, 0.05) is 30.7 Å². The molecule has 2 aromatic rings. The lowest BCUT2D eigenvalue weighted by molar-refractivity contribution is 0.208. The Labute approximate surface area is 124 Å². The Bertz CT molecular complexity index is 573. The molecule has 0 aromatic carbocycles. The number of likely N-dealkylation sites (tertiary alicyclic amines) is 1. The minimum Gasteiger partial charge on any atom is -0.324 e. The molecule has 1 fully saturated rings. The SMILES string of the molecule is CN1CCCC(Cc2cc(Nc3cnccn3)ncn2)C1. The highest BCUT2D eigenvalue weighted by atomic mass is 15.1. The third-order valence-electron chi connectivity index (χ3n) is 3.76. The fraction of sp³-hybridized carbons (Fsp3) is 0.467. The first-order valence-electron chi connectivity index (χ1n) is 7.32. The van der Waals surface area contributed by atoms with Gasteiger partial charge < -0.3 is 10.2 Å². The highest BCUT2D eigenvalue weighted by Gasteiger charge is 2.18. The van der Waals surface area contributed by atoms with E-state index in [1.54, 1.807) is 24.9 Å². The summed E-state index contributed by atoms with van der Waals surface area (Å²) in [7, 11) is 2.19. The smallest absolute Gasteiger partial charge is 0.150 e. The van der Waals surface area contributed by atoms with E-state index in [2.05, 4.69) is 37.2 Å². The van der Waals surface area contributed by atoms with Gasteiger partial charge in [-0.05, 0) is 38.8 Å². The quantitative estimate of drug-likeness (QED) is 0.925. The van der Waals surface area contributed by atoms with Crippen LogP contribution in [0.15, 0.2) is 31.0 Å². The molecule has 1 atom stereocenters. The summed E-state index contributed by atoms with van der Waals surface area (Å²) in [5.74, 6) is 2.15. The van der Waals surface area contributed by atoms with E-state index in [-0.39, 0.29) is 0 Å². The van der Waals surface area contributed by atoms with E-state index >= 15 is 0 Å². The van der Waals surface area contributed by atoms with Crippen LogP contribution in [0.3, 0.4) is 0 Å². The van der Waals surface area contributed by atoms with Gasteiger partial charge in [0.05, 0.1) is 6.20 Å². The number of rotatable bonds is 4. The minimum absolute atomic E-state index is 0.683. The topological polar surface area (TPSA) is 66.8 Å². The number of hydrogen-bond donors (Lipinski definition) is 1. The van der Waals surface area contributed by atoms with Crippen molar-refractivity contribution in [3.8, 4) is 0 Å². The molecular formula is C15H20N6. The van der Waals surface area contributed by atoms with Crippen LogP contribution < -0.4 is 5.32 Å². The maximum absolute atomic E-state index is 4.39. The summed E-state index contributed by atoms with van der Waals surface area (Å²) in [6, 6.07) is 2.00. The van der Waals surface area contributed by atoms with Crippen LogP contribution in [0, 0.1) is 5.92 Å². The first-order chi connectivity index (χ1) is 10.3. The average molecular weight is 284 g/mol. The lowest BCUT2D eigenvalue weighted by Gasteiger charge is -2.29. The molecule has 1 saturated heterocycles. The van der Waals surface area contributed by atoms with Crippen molar-refractivity contribution in [2.75, 3.05) is 25.5 Å². The number of hydrogen-bond acceptors (Lipinski definition) is 6. The molecular weight excluding hydrogens is 264 g/mol. The normalized spacial score (nSPS) is 19.4. The van der Waals surface area contributed by atoms with E-state index in [4.69, 9.17) is 0 Å². The van der Waals surface area contributed by atoms with Crippen LogP contribution in [0.2, 0.25) is 0 Å². The average Bonchev–Trinajstić information content (AvgIpc) is 2.49. The number of nitrogens with zero attached hydrogens (tertiary/aromatic N) is 5. The summed E-state index contributed by atoms with van der Waals surface area (Å²) >= 11 is 0. The number of aromatic nitrogens is 4. The summed E-state index contributed by atoms with van der Waals surface area (Å²) in [6.45, 7) is 2.36. The van der Waals surface area contributed by atoms with Gasteiger partial charge in [-0.2, -0.15) is 0 Å². The second-order valence-electron chi connectivity index (χ2n) is 5.58. The third kappa shape index (κ3) is 3.95. The maximum atomic E-state index is 4.39. The Morgan fingerprint density at radius 1 is 1.24 bits per heavy atom. The van der Waals surface area contributed by atoms with E-state index < -0.39 is 0 Å². The first kappa shape index (κ1) is 13.9. The molecule has 2 aromatic heterocycles. The van der Waals surface area contributed by atoms with E-state index in [0.717, 1.165) is 24.5 Å². The maximum Gasteiger partial charge on any atom is 0.150 e. The Kier molecular flexibility index (Phi) is 4.35. The van der Waals surface area contributed by atoms with Crippen LogP contribution in [0.4, 0.5) is 11.6 Å². The van der Waals surface area contributed by atoms with Gasteiger partial charge in [-0.1, -0.05) is 0 Å². The van der Waals surface area contributed by atoms with Crippen LogP contribution in [0.25, 0.3) is 0 Å². The van der Waals surface area contributed by atoms with Gasteiger partial charge in [0.1, 0.15) is 18.0 Å². The summed E-state index contributed by atoms with van der Waals surface area (Å²) in [5.41, 5.74) is 1.08. The van der Waals surface area contributed by atoms with Crippen molar-refractivity contribution in [1.29, 1.82) is 0 Å². The molecule has 0 saturated carbocycles. The third-order valence-corrected chi connectivity index (χ3v) is 3.76. The van der Waals surface area contributed by atoms with E-state index in [0.29, 0.717) is 11.7 Å². The molecule has 3 heterocycles. The zero-order valence-electron chi connectivity index (χ0n) is 12.2. The van der Waals surface area contributed by atoms with E-state index in [1.165, 1.54) is 19.4 Å². The highest BCUT2D eigenvalue weighted by Crippen LogP contribution is 2.20.